The van der Waals surface area contributed by atoms with Gasteiger partial charge in [0.1, 0.15) is 0 Å². The zero-order valence-corrected chi connectivity index (χ0v) is 8.43. The molecule has 0 radical (unpaired) electrons. The molecule has 0 aromatic rings. The van der Waals surface area contributed by atoms with Gasteiger partial charge in [-0.15, -0.1) is 11.8 Å². The smallest absolute Gasteiger partial charge is 0.305 e. The maximum atomic E-state index is 11.0. The first-order valence-corrected chi connectivity index (χ1v) is 5.06. The van der Waals surface area contributed by atoms with Crippen LogP contribution in [0.3, 0.4) is 0 Å². The minimum Gasteiger partial charge on any atom is -0.481 e. The first-order chi connectivity index (χ1) is 6.06. The summed E-state index contributed by atoms with van der Waals surface area (Å²) in [5.41, 5.74) is 0. The van der Waals surface area contributed by atoms with Gasteiger partial charge in [-0.05, 0) is 18.6 Å². The highest BCUT2D eigenvalue weighted by Gasteiger charge is 2.08. The molecule has 13 heavy (non-hydrogen) atoms. The van der Waals surface area contributed by atoms with Crippen molar-refractivity contribution < 1.29 is 14.7 Å². The Morgan fingerprint density at radius 1 is 1.62 bits per heavy atom. The molecule has 0 saturated carbocycles. The SMILES string of the molecule is CS/C=C/C(=O)NC(C)CC(=O)O. The van der Waals surface area contributed by atoms with Gasteiger partial charge in [0.2, 0.25) is 5.91 Å². The largest absolute Gasteiger partial charge is 0.481 e. The standard InChI is InChI=1S/C8H13NO3S/c1-6(5-8(11)12)9-7(10)3-4-13-2/h3-4,6H,5H2,1-2H3,(H,9,10)(H,11,12)/b4-3+. The predicted molar refractivity (Wildman–Crippen MR) is 52.5 cm³/mol. The molecule has 0 aliphatic rings. The van der Waals surface area contributed by atoms with E-state index < -0.39 is 5.97 Å². The molecular formula is C8H13NO3S. The van der Waals surface area contributed by atoms with Gasteiger partial charge in [-0.25, -0.2) is 0 Å². The lowest BCUT2D eigenvalue weighted by Gasteiger charge is -2.08. The molecule has 5 heteroatoms. The molecule has 74 valence electrons. The Bertz CT molecular complexity index is 215. The van der Waals surface area contributed by atoms with Crippen molar-refractivity contribution >= 4 is 23.6 Å². The molecule has 0 saturated heterocycles. The van der Waals surface area contributed by atoms with Gasteiger partial charge in [0.05, 0.1) is 6.42 Å². The van der Waals surface area contributed by atoms with Crippen LogP contribution in [0, 0.1) is 0 Å². The van der Waals surface area contributed by atoms with Crippen LogP contribution in [0.4, 0.5) is 0 Å². The fraction of sp³-hybridized carbons (Fsp3) is 0.500. The molecule has 0 heterocycles. The lowest BCUT2D eigenvalue weighted by atomic mass is 10.2. The van der Waals surface area contributed by atoms with Crippen LogP contribution in [0.5, 0.6) is 0 Å². The monoisotopic (exact) mass is 203 g/mol. The second kappa shape index (κ2) is 6.54. The van der Waals surface area contributed by atoms with E-state index in [1.165, 1.54) is 17.8 Å². The minimum absolute atomic E-state index is 0.0567. The van der Waals surface area contributed by atoms with Crippen molar-refractivity contribution in [1.82, 2.24) is 5.32 Å². The Hall–Kier alpha value is -0.970. The average Bonchev–Trinajstić information content (AvgIpc) is 1.98. The van der Waals surface area contributed by atoms with Gasteiger partial charge >= 0.3 is 5.97 Å². The third-order valence-electron chi connectivity index (χ3n) is 1.22. The normalized spacial score (nSPS) is 12.8. The zero-order chi connectivity index (χ0) is 10.3. The van der Waals surface area contributed by atoms with E-state index in [1.54, 1.807) is 12.3 Å². The zero-order valence-electron chi connectivity index (χ0n) is 7.61. The summed E-state index contributed by atoms with van der Waals surface area (Å²) >= 11 is 1.41. The number of thioether (sulfide) groups is 1. The number of carboxylic acid groups (broad SMARTS) is 1. The fourth-order valence-electron chi connectivity index (χ4n) is 0.734. The first-order valence-electron chi connectivity index (χ1n) is 3.78. The highest BCUT2D eigenvalue weighted by Crippen LogP contribution is 1.94. The fourth-order valence-corrected chi connectivity index (χ4v) is 0.993. The van der Waals surface area contributed by atoms with Crippen molar-refractivity contribution in [2.24, 2.45) is 0 Å². The van der Waals surface area contributed by atoms with Crippen LogP contribution < -0.4 is 5.32 Å². The number of carbonyl (C=O) groups excluding carboxylic acids is 1. The van der Waals surface area contributed by atoms with Crippen LogP contribution in [-0.2, 0) is 9.59 Å². The van der Waals surface area contributed by atoms with E-state index in [0.29, 0.717) is 0 Å². The van der Waals surface area contributed by atoms with Gasteiger partial charge in [0.15, 0.2) is 0 Å². The van der Waals surface area contributed by atoms with Gasteiger partial charge in [-0.2, -0.15) is 0 Å². The maximum Gasteiger partial charge on any atom is 0.305 e. The van der Waals surface area contributed by atoms with E-state index in [0.717, 1.165) is 0 Å². The van der Waals surface area contributed by atoms with Gasteiger partial charge in [0, 0.05) is 12.1 Å². The van der Waals surface area contributed by atoms with Crippen molar-refractivity contribution in [2.75, 3.05) is 6.26 Å². The molecule has 1 amide bonds. The van der Waals surface area contributed by atoms with E-state index in [1.807, 2.05) is 6.26 Å². The summed E-state index contributed by atoms with van der Waals surface area (Å²) in [6.07, 6.45) is 3.16. The number of aliphatic carboxylic acids is 1. The second-order valence-corrected chi connectivity index (χ2v) is 3.29. The van der Waals surface area contributed by atoms with Crippen LogP contribution in [0.1, 0.15) is 13.3 Å². The van der Waals surface area contributed by atoms with Gasteiger partial charge in [-0.1, -0.05) is 0 Å². The van der Waals surface area contributed by atoms with Crippen LogP contribution >= 0.6 is 11.8 Å². The number of nitrogens with one attached hydrogen (secondary N) is 1. The van der Waals surface area contributed by atoms with E-state index in [2.05, 4.69) is 5.32 Å². The van der Waals surface area contributed by atoms with E-state index in [4.69, 9.17) is 5.11 Å². The molecule has 4 nitrogen and oxygen atoms in total. The number of rotatable bonds is 5. The second-order valence-electron chi connectivity index (χ2n) is 2.55. The Kier molecular flexibility index (Phi) is 6.05. The molecule has 0 rings (SSSR count). The predicted octanol–water partition coefficient (Wildman–Crippen LogP) is 0.843. The maximum absolute atomic E-state index is 11.0. The molecule has 0 aromatic heterocycles. The molecule has 0 aliphatic heterocycles. The molecule has 0 bridgehead atoms. The lowest BCUT2D eigenvalue weighted by molar-refractivity contribution is -0.137. The minimum atomic E-state index is -0.915. The van der Waals surface area contributed by atoms with Crippen molar-refractivity contribution in [3.63, 3.8) is 0 Å². The number of hydrogen-bond acceptors (Lipinski definition) is 3. The highest BCUT2D eigenvalue weighted by molar-refractivity contribution is 8.01. The van der Waals surface area contributed by atoms with Crippen LogP contribution in [0.25, 0.3) is 0 Å². The van der Waals surface area contributed by atoms with Gasteiger partial charge < -0.3 is 10.4 Å². The molecule has 0 aliphatic carbocycles. The van der Waals surface area contributed by atoms with Gasteiger partial charge in [0.25, 0.3) is 0 Å². The van der Waals surface area contributed by atoms with Crippen LogP contribution in [0.2, 0.25) is 0 Å². The van der Waals surface area contributed by atoms with E-state index in [9.17, 15) is 9.59 Å². The van der Waals surface area contributed by atoms with Gasteiger partial charge in [-0.3, -0.25) is 9.59 Å². The number of carbonyl (C=O) groups is 2. The van der Waals surface area contributed by atoms with Crippen molar-refractivity contribution in [3.8, 4) is 0 Å². The van der Waals surface area contributed by atoms with Crippen molar-refractivity contribution in [1.29, 1.82) is 0 Å². The molecule has 0 spiro atoms. The van der Waals surface area contributed by atoms with Crippen LogP contribution in [0.15, 0.2) is 11.5 Å². The van der Waals surface area contributed by atoms with Crippen molar-refractivity contribution in [2.45, 2.75) is 19.4 Å². The quantitative estimate of drug-likeness (QED) is 0.650. The summed E-state index contributed by atoms with van der Waals surface area (Å²) in [7, 11) is 0. The third kappa shape index (κ3) is 7.39. The van der Waals surface area contributed by atoms with Crippen molar-refractivity contribution in [3.05, 3.63) is 11.5 Å². The van der Waals surface area contributed by atoms with E-state index in [-0.39, 0.29) is 18.4 Å². The summed E-state index contributed by atoms with van der Waals surface area (Å²) in [5.74, 6) is -1.18. The summed E-state index contributed by atoms with van der Waals surface area (Å²) in [4.78, 5) is 21.2. The highest BCUT2D eigenvalue weighted by atomic mass is 32.2. The average molecular weight is 203 g/mol. The van der Waals surface area contributed by atoms with E-state index >= 15 is 0 Å². The Morgan fingerprint density at radius 3 is 2.69 bits per heavy atom. The topological polar surface area (TPSA) is 66.4 Å². The summed E-state index contributed by atoms with van der Waals surface area (Å²) in [6.45, 7) is 1.65. The third-order valence-corrected chi connectivity index (χ3v) is 1.63. The molecule has 0 fully saturated rings. The number of hydrogen-bond donors (Lipinski definition) is 2. The first kappa shape index (κ1) is 12.0. The Morgan fingerprint density at radius 2 is 2.23 bits per heavy atom. The summed E-state index contributed by atoms with van der Waals surface area (Å²) in [5, 5.41) is 12.6. The summed E-state index contributed by atoms with van der Waals surface area (Å²) in [6, 6.07) is -0.337. The molecule has 1 unspecified atom stereocenters. The summed E-state index contributed by atoms with van der Waals surface area (Å²) < 4.78 is 0. The number of carboxylic acids is 1. The molecule has 2 N–H and O–H groups in total. The van der Waals surface area contributed by atoms with Crippen LogP contribution in [-0.4, -0.2) is 29.3 Å². The Labute approximate surface area is 81.4 Å². The number of amides is 1. The lowest BCUT2D eigenvalue weighted by Crippen LogP contribution is -2.32. The molecule has 0 aromatic carbocycles. The molecule has 1 atom stereocenters. The Balaban J connectivity index is 3.78. The molecular weight excluding hydrogens is 190 g/mol.